The second-order valence-electron chi connectivity index (χ2n) is 3.90. The van der Waals surface area contributed by atoms with Crippen molar-refractivity contribution in [1.29, 1.82) is 0 Å². The van der Waals surface area contributed by atoms with Crippen molar-refractivity contribution in [2.45, 2.75) is 45.4 Å². The predicted molar refractivity (Wildman–Crippen MR) is 60.1 cm³/mol. The highest BCUT2D eigenvalue weighted by atomic mass is 15.3. The van der Waals surface area contributed by atoms with Crippen LogP contribution in [-0.4, -0.2) is 11.7 Å². The van der Waals surface area contributed by atoms with Gasteiger partial charge in [0.15, 0.2) is 0 Å². The Morgan fingerprint density at radius 3 is 2.79 bits per heavy atom. The van der Waals surface area contributed by atoms with Crippen molar-refractivity contribution in [3.05, 3.63) is 0 Å². The maximum atomic E-state index is 5.22. The molecule has 4 nitrogen and oxygen atoms in total. The van der Waals surface area contributed by atoms with Gasteiger partial charge in [-0.25, -0.2) is 0 Å². The van der Waals surface area contributed by atoms with Crippen LogP contribution in [-0.2, 0) is 0 Å². The van der Waals surface area contributed by atoms with E-state index in [0.717, 1.165) is 24.5 Å². The van der Waals surface area contributed by atoms with E-state index in [9.17, 15) is 0 Å². The lowest BCUT2D eigenvalue weighted by atomic mass is 9.98. The number of guanidine groups is 1. The zero-order valence-corrected chi connectivity index (χ0v) is 8.87. The number of rotatable bonds is 2. The molecule has 1 atom stereocenters. The van der Waals surface area contributed by atoms with Crippen molar-refractivity contribution < 1.29 is 0 Å². The molecule has 80 valence electrons. The summed E-state index contributed by atoms with van der Waals surface area (Å²) in [5, 5.41) is 7.77. The maximum Gasteiger partial charge on any atom is 0.211 e. The van der Waals surface area contributed by atoms with E-state index in [2.05, 4.69) is 17.1 Å². The van der Waals surface area contributed by atoms with Gasteiger partial charge in [0, 0.05) is 5.71 Å². The number of nitrogens with zero attached hydrogens (tertiary/aromatic N) is 2. The third-order valence-corrected chi connectivity index (χ3v) is 2.80. The Kier molecular flexibility index (Phi) is 4.43. The molecule has 0 heterocycles. The van der Waals surface area contributed by atoms with Crippen LogP contribution in [0.4, 0.5) is 0 Å². The lowest BCUT2D eigenvalue weighted by molar-refractivity contribution is 0.450. The molecule has 1 unspecified atom stereocenters. The summed E-state index contributed by atoms with van der Waals surface area (Å²) in [6.45, 7) is 2.25. The molecule has 0 aromatic heterocycles. The van der Waals surface area contributed by atoms with E-state index >= 15 is 0 Å². The highest BCUT2D eigenvalue weighted by Crippen LogP contribution is 2.23. The monoisotopic (exact) mass is 196 g/mol. The predicted octanol–water partition coefficient (Wildman–Crippen LogP) is 1.61. The average molecular weight is 196 g/mol. The average Bonchev–Trinajstić information content (AvgIpc) is 2.39. The Labute approximate surface area is 85.5 Å². The third kappa shape index (κ3) is 3.77. The molecule has 0 aliphatic heterocycles. The molecule has 1 rings (SSSR count). The molecule has 1 aliphatic carbocycles. The van der Waals surface area contributed by atoms with Crippen LogP contribution in [0.2, 0.25) is 0 Å². The first-order valence-electron chi connectivity index (χ1n) is 5.36. The van der Waals surface area contributed by atoms with E-state index in [4.69, 9.17) is 11.5 Å². The summed E-state index contributed by atoms with van der Waals surface area (Å²) in [6, 6.07) is 0. The van der Waals surface area contributed by atoms with Gasteiger partial charge in [-0.15, -0.1) is 5.10 Å². The van der Waals surface area contributed by atoms with Crippen molar-refractivity contribution in [1.82, 2.24) is 0 Å². The molecule has 1 saturated carbocycles. The van der Waals surface area contributed by atoms with E-state index in [-0.39, 0.29) is 5.96 Å². The molecule has 1 fully saturated rings. The van der Waals surface area contributed by atoms with Gasteiger partial charge in [0.25, 0.3) is 0 Å². The van der Waals surface area contributed by atoms with Crippen LogP contribution >= 0.6 is 0 Å². The first-order chi connectivity index (χ1) is 6.72. The summed E-state index contributed by atoms with van der Waals surface area (Å²) in [5.74, 6) is 0.913. The van der Waals surface area contributed by atoms with E-state index in [1.807, 2.05) is 0 Å². The van der Waals surface area contributed by atoms with Gasteiger partial charge in [0.1, 0.15) is 0 Å². The van der Waals surface area contributed by atoms with E-state index in [1.54, 1.807) is 0 Å². The van der Waals surface area contributed by atoms with Gasteiger partial charge in [-0.1, -0.05) is 19.8 Å². The first kappa shape index (κ1) is 11.0. The second kappa shape index (κ2) is 5.62. The van der Waals surface area contributed by atoms with Crippen molar-refractivity contribution in [3.8, 4) is 0 Å². The fourth-order valence-electron chi connectivity index (χ4n) is 1.87. The van der Waals surface area contributed by atoms with Gasteiger partial charge in [-0.2, -0.15) is 5.10 Å². The summed E-state index contributed by atoms with van der Waals surface area (Å²) < 4.78 is 0. The Balaban J connectivity index is 2.49. The Morgan fingerprint density at radius 1 is 1.36 bits per heavy atom. The fraction of sp³-hybridized carbons (Fsp3) is 0.800. The van der Waals surface area contributed by atoms with Crippen LogP contribution < -0.4 is 11.5 Å². The minimum absolute atomic E-state index is 0.0498. The van der Waals surface area contributed by atoms with Gasteiger partial charge in [0.2, 0.25) is 5.96 Å². The summed E-state index contributed by atoms with van der Waals surface area (Å²) >= 11 is 0. The topological polar surface area (TPSA) is 76.8 Å². The quantitative estimate of drug-likeness (QED) is 0.304. The zero-order chi connectivity index (χ0) is 10.4. The summed E-state index contributed by atoms with van der Waals surface area (Å²) in [4.78, 5) is 0. The molecule has 0 aromatic rings. The molecule has 0 spiro atoms. The minimum Gasteiger partial charge on any atom is -0.369 e. The molecule has 14 heavy (non-hydrogen) atoms. The van der Waals surface area contributed by atoms with E-state index in [1.165, 1.54) is 25.7 Å². The van der Waals surface area contributed by atoms with Crippen molar-refractivity contribution >= 4 is 11.7 Å². The van der Waals surface area contributed by atoms with Crippen molar-refractivity contribution in [2.75, 3.05) is 0 Å². The van der Waals surface area contributed by atoms with Crippen LogP contribution in [0.25, 0.3) is 0 Å². The Hall–Kier alpha value is -1.06. The number of nitrogens with two attached hydrogens (primary N) is 2. The fourth-order valence-corrected chi connectivity index (χ4v) is 1.87. The van der Waals surface area contributed by atoms with Crippen molar-refractivity contribution in [2.24, 2.45) is 27.6 Å². The van der Waals surface area contributed by atoms with Gasteiger partial charge < -0.3 is 11.5 Å². The van der Waals surface area contributed by atoms with Crippen LogP contribution in [0.15, 0.2) is 10.2 Å². The van der Waals surface area contributed by atoms with Crippen LogP contribution in [0, 0.1) is 5.92 Å². The van der Waals surface area contributed by atoms with Crippen LogP contribution in [0.5, 0.6) is 0 Å². The van der Waals surface area contributed by atoms with E-state index < -0.39 is 0 Å². The highest BCUT2D eigenvalue weighted by molar-refractivity contribution is 5.85. The van der Waals surface area contributed by atoms with E-state index in [0.29, 0.717) is 0 Å². The summed E-state index contributed by atoms with van der Waals surface area (Å²) in [6.07, 6.45) is 7.14. The minimum atomic E-state index is 0.0498. The Morgan fingerprint density at radius 2 is 2.14 bits per heavy atom. The second-order valence-corrected chi connectivity index (χ2v) is 3.90. The van der Waals surface area contributed by atoms with Crippen LogP contribution in [0.3, 0.4) is 0 Å². The zero-order valence-electron chi connectivity index (χ0n) is 8.87. The SMILES string of the molecule is CCC1CCC/C(=N\N=C(N)N)CC1. The largest absolute Gasteiger partial charge is 0.369 e. The molecule has 4 heteroatoms. The summed E-state index contributed by atoms with van der Waals surface area (Å²) in [5.41, 5.74) is 11.6. The summed E-state index contributed by atoms with van der Waals surface area (Å²) in [7, 11) is 0. The lowest BCUT2D eigenvalue weighted by Gasteiger charge is -2.08. The number of hydrogen-bond acceptors (Lipinski definition) is 2. The molecule has 0 amide bonds. The lowest BCUT2D eigenvalue weighted by Crippen LogP contribution is -2.22. The van der Waals surface area contributed by atoms with Gasteiger partial charge in [0.05, 0.1) is 0 Å². The molecular formula is C10H20N4. The molecule has 4 N–H and O–H groups in total. The van der Waals surface area contributed by atoms with Gasteiger partial charge in [-0.3, -0.25) is 0 Å². The molecule has 0 aromatic carbocycles. The van der Waals surface area contributed by atoms with Crippen LogP contribution in [0.1, 0.15) is 45.4 Å². The smallest absolute Gasteiger partial charge is 0.211 e. The van der Waals surface area contributed by atoms with Gasteiger partial charge in [-0.05, 0) is 31.6 Å². The first-order valence-corrected chi connectivity index (χ1v) is 5.36. The van der Waals surface area contributed by atoms with Crippen molar-refractivity contribution in [3.63, 3.8) is 0 Å². The normalized spacial score (nSPS) is 25.8. The van der Waals surface area contributed by atoms with Gasteiger partial charge >= 0.3 is 0 Å². The molecule has 1 aliphatic rings. The standard InChI is InChI=1S/C10H20N4/c1-2-8-4-3-5-9(7-6-8)13-14-10(11)12/h8H,2-7H2,1H3,(H4,11,12,14)/b13-9+. The molecule has 0 saturated heterocycles. The Bertz CT molecular complexity index is 228. The maximum absolute atomic E-state index is 5.22. The third-order valence-electron chi connectivity index (χ3n) is 2.80. The highest BCUT2D eigenvalue weighted by Gasteiger charge is 2.13. The molecule has 0 bridgehead atoms. The number of hydrogen-bond donors (Lipinski definition) is 2. The molecular weight excluding hydrogens is 176 g/mol. The molecule has 0 radical (unpaired) electrons.